The molecule has 1 aliphatic heterocycles. The summed E-state index contributed by atoms with van der Waals surface area (Å²) in [5.74, 6) is 0.288. The van der Waals surface area contributed by atoms with Crippen molar-refractivity contribution in [3.05, 3.63) is 77.2 Å². The first kappa shape index (κ1) is 28.5. The second-order valence-electron chi connectivity index (χ2n) is 11.5. The molecular weight excluding hydrogens is 517 g/mol. The van der Waals surface area contributed by atoms with Gasteiger partial charge in [-0.25, -0.2) is 9.37 Å². The number of H-pyrrole nitrogens is 1. The number of hydrogen-bond acceptors (Lipinski definition) is 5. The van der Waals surface area contributed by atoms with Crippen LogP contribution in [0.1, 0.15) is 68.7 Å². The van der Waals surface area contributed by atoms with Gasteiger partial charge in [-0.2, -0.15) is 4.98 Å². The Morgan fingerprint density at radius 2 is 2.02 bits per heavy atom. The molecule has 5 rings (SSSR count). The van der Waals surface area contributed by atoms with E-state index in [-0.39, 0.29) is 35.8 Å². The summed E-state index contributed by atoms with van der Waals surface area (Å²) in [6.45, 7) is 6.80. The number of likely N-dealkylation sites (tertiary alicyclic amines) is 1. The third-order valence-corrected chi connectivity index (χ3v) is 8.23. The number of piperidine rings is 1. The molecule has 2 aromatic carbocycles. The maximum Gasteiger partial charge on any atom is 0.226 e. The van der Waals surface area contributed by atoms with Gasteiger partial charge in [-0.3, -0.25) is 9.59 Å². The van der Waals surface area contributed by atoms with Gasteiger partial charge in [-0.05, 0) is 72.6 Å². The van der Waals surface area contributed by atoms with E-state index in [2.05, 4.69) is 53.9 Å². The molecule has 0 radical (unpaired) electrons. The molecule has 41 heavy (non-hydrogen) atoms. The van der Waals surface area contributed by atoms with Gasteiger partial charge < -0.3 is 15.6 Å². The van der Waals surface area contributed by atoms with Gasteiger partial charge in [0.2, 0.25) is 5.91 Å². The molecule has 3 atom stereocenters. The Hall–Kier alpha value is -4.07. The van der Waals surface area contributed by atoms with E-state index in [0.29, 0.717) is 30.1 Å². The van der Waals surface area contributed by atoms with Crippen LogP contribution in [-0.2, 0) is 16.0 Å². The monoisotopic (exact) mass is 555 g/mol. The van der Waals surface area contributed by atoms with Crippen LogP contribution in [0, 0.1) is 24.6 Å². The van der Waals surface area contributed by atoms with Crippen molar-refractivity contribution in [1.82, 2.24) is 19.9 Å². The molecule has 7 nitrogen and oxygen atoms in total. The van der Waals surface area contributed by atoms with Gasteiger partial charge in [0.15, 0.2) is 11.6 Å². The lowest BCUT2D eigenvalue weighted by Gasteiger charge is -2.38. The first-order valence-corrected chi connectivity index (χ1v) is 14.5. The number of aryl methyl sites for hydroxylation is 1. The Labute approximate surface area is 240 Å². The van der Waals surface area contributed by atoms with Crippen molar-refractivity contribution < 1.29 is 14.0 Å². The molecule has 0 spiro atoms. The maximum absolute atomic E-state index is 14.0. The maximum atomic E-state index is 14.0. The predicted octanol–water partition coefficient (Wildman–Crippen LogP) is 6.57. The smallest absolute Gasteiger partial charge is 0.226 e. The molecule has 1 amide bonds. The Balaban J connectivity index is 1.33. The third kappa shape index (κ3) is 6.47. The molecule has 0 bridgehead atoms. The van der Waals surface area contributed by atoms with Crippen LogP contribution in [0.3, 0.4) is 0 Å². The van der Waals surface area contributed by atoms with Crippen molar-refractivity contribution >= 4 is 28.8 Å². The van der Waals surface area contributed by atoms with Crippen molar-refractivity contribution in [3.63, 3.8) is 0 Å². The van der Waals surface area contributed by atoms with E-state index in [1.54, 1.807) is 6.07 Å². The summed E-state index contributed by atoms with van der Waals surface area (Å²) in [5.41, 5.74) is 12.4. The number of aromatic nitrogens is 3. The number of carbonyl (C=O) groups excluding carboxylic acids is 2. The number of pyridine rings is 1. The first-order chi connectivity index (χ1) is 19.7. The van der Waals surface area contributed by atoms with Crippen LogP contribution in [0.5, 0.6) is 0 Å². The second kappa shape index (κ2) is 12.2. The number of amides is 1. The second-order valence-corrected chi connectivity index (χ2v) is 11.5. The minimum atomic E-state index is -0.413. The standard InChI is InChI=1S/C33H38FN5O2/c1-4-6-24(32(41)39-12-11-28(40)18-30(39)23-7-5-8-27(34)16-23)13-20(2)14-25-15-22(10-9-21(25)3)26-17-29-31(36-19-26)38-33(35)37-29/h5,7-10,15-17,19-20,24,30H,4,6,11-14,18H2,1-3H3,(H3,35,36,37,38). The van der Waals surface area contributed by atoms with Gasteiger partial charge in [0.25, 0.3) is 0 Å². The van der Waals surface area contributed by atoms with E-state index >= 15 is 0 Å². The first-order valence-electron chi connectivity index (χ1n) is 14.5. The van der Waals surface area contributed by atoms with E-state index < -0.39 is 6.04 Å². The zero-order valence-electron chi connectivity index (χ0n) is 24.0. The topological polar surface area (TPSA) is 105 Å². The van der Waals surface area contributed by atoms with E-state index in [4.69, 9.17) is 5.73 Å². The molecule has 3 unspecified atom stereocenters. The molecule has 0 aliphatic carbocycles. The number of nitrogens with zero attached hydrogens (tertiary/aromatic N) is 3. The molecule has 1 fully saturated rings. The summed E-state index contributed by atoms with van der Waals surface area (Å²) < 4.78 is 14.0. The fraction of sp³-hybridized carbons (Fsp3) is 0.394. The predicted molar refractivity (Wildman–Crippen MR) is 159 cm³/mol. The van der Waals surface area contributed by atoms with Gasteiger partial charge in [0, 0.05) is 37.1 Å². The van der Waals surface area contributed by atoms with Gasteiger partial charge in [-0.1, -0.05) is 50.6 Å². The SMILES string of the molecule is CCCC(CC(C)Cc1cc(-c2cnc3nc(N)[nH]c3c2)ccc1C)C(=O)N1CCC(=O)CC1c1cccc(F)c1. The Bertz CT molecular complexity index is 1560. The highest BCUT2D eigenvalue weighted by molar-refractivity contribution is 5.85. The molecule has 2 aromatic heterocycles. The number of nitrogens with two attached hydrogens (primary N) is 1. The van der Waals surface area contributed by atoms with Crippen molar-refractivity contribution in [1.29, 1.82) is 0 Å². The molecule has 4 aromatic rings. The number of nitrogens with one attached hydrogen (secondary N) is 1. The highest BCUT2D eigenvalue weighted by Gasteiger charge is 2.35. The highest BCUT2D eigenvalue weighted by Crippen LogP contribution is 2.34. The molecule has 0 saturated carbocycles. The van der Waals surface area contributed by atoms with Crippen LogP contribution in [0.4, 0.5) is 10.3 Å². The van der Waals surface area contributed by atoms with Crippen LogP contribution in [0.15, 0.2) is 54.7 Å². The minimum absolute atomic E-state index is 0.0733. The molecule has 1 saturated heterocycles. The van der Waals surface area contributed by atoms with Crippen LogP contribution >= 0.6 is 0 Å². The summed E-state index contributed by atoms with van der Waals surface area (Å²) in [4.78, 5) is 39.8. The van der Waals surface area contributed by atoms with Crippen LogP contribution in [0.25, 0.3) is 22.3 Å². The van der Waals surface area contributed by atoms with E-state index in [1.807, 2.05) is 23.2 Å². The summed E-state index contributed by atoms with van der Waals surface area (Å²) in [6, 6.07) is 14.3. The Kier molecular flexibility index (Phi) is 8.47. The number of anilines is 1. The molecule has 3 heterocycles. The largest absolute Gasteiger partial charge is 0.369 e. The number of halogens is 1. The lowest BCUT2D eigenvalue weighted by atomic mass is 9.84. The number of ketones is 1. The molecule has 1 aliphatic rings. The number of Topliss-reactive ketones (excluding diaryl/α,β-unsaturated/α-hetero) is 1. The normalized spacial score (nSPS) is 17.1. The quantitative estimate of drug-likeness (QED) is 0.243. The summed E-state index contributed by atoms with van der Waals surface area (Å²) in [6.07, 6.45) is 5.66. The molecule has 3 N–H and O–H groups in total. The van der Waals surface area contributed by atoms with Crippen molar-refractivity contribution in [2.24, 2.45) is 11.8 Å². The van der Waals surface area contributed by atoms with Crippen LogP contribution in [0.2, 0.25) is 0 Å². The van der Waals surface area contributed by atoms with Crippen LogP contribution in [-0.4, -0.2) is 38.1 Å². The van der Waals surface area contributed by atoms with Crippen molar-refractivity contribution in [3.8, 4) is 11.1 Å². The van der Waals surface area contributed by atoms with Crippen molar-refractivity contribution in [2.45, 2.75) is 65.3 Å². The summed E-state index contributed by atoms with van der Waals surface area (Å²) in [7, 11) is 0. The number of aromatic amines is 1. The minimum Gasteiger partial charge on any atom is -0.369 e. The number of rotatable bonds is 9. The van der Waals surface area contributed by atoms with Gasteiger partial charge in [0.05, 0.1) is 11.6 Å². The fourth-order valence-electron chi connectivity index (χ4n) is 6.12. The van der Waals surface area contributed by atoms with Gasteiger partial charge in [0.1, 0.15) is 11.6 Å². The number of benzene rings is 2. The fourth-order valence-corrected chi connectivity index (χ4v) is 6.12. The number of fused-ring (bicyclic) bond motifs is 1. The number of imidazole rings is 1. The number of hydrogen-bond donors (Lipinski definition) is 2. The highest BCUT2D eigenvalue weighted by atomic mass is 19.1. The zero-order chi connectivity index (χ0) is 29.1. The van der Waals surface area contributed by atoms with Gasteiger partial charge >= 0.3 is 0 Å². The molecular formula is C33H38FN5O2. The lowest BCUT2D eigenvalue weighted by molar-refractivity contribution is -0.142. The third-order valence-electron chi connectivity index (χ3n) is 8.23. The van der Waals surface area contributed by atoms with E-state index in [0.717, 1.165) is 42.3 Å². The average molecular weight is 556 g/mol. The molecule has 8 heteroatoms. The van der Waals surface area contributed by atoms with Gasteiger partial charge in [-0.15, -0.1) is 0 Å². The molecule has 214 valence electrons. The Morgan fingerprint density at radius 1 is 1.20 bits per heavy atom. The zero-order valence-corrected chi connectivity index (χ0v) is 24.0. The summed E-state index contributed by atoms with van der Waals surface area (Å²) >= 11 is 0. The number of carbonyl (C=O) groups is 2. The van der Waals surface area contributed by atoms with E-state index in [9.17, 15) is 14.0 Å². The van der Waals surface area contributed by atoms with Crippen molar-refractivity contribution in [2.75, 3.05) is 12.3 Å². The lowest BCUT2D eigenvalue weighted by Crippen LogP contribution is -2.44. The summed E-state index contributed by atoms with van der Waals surface area (Å²) in [5, 5.41) is 0. The number of nitrogen functional groups attached to an aromatic ring is 1. The van der Waals surface area contributed by atoms with E-state index in [1.165, 1.54) is 23.3 Å². The van der Waals surface area contributed by atoms with Crippen LogP contribution < -0.4 is 5.73 Å². The average Bonchev–Trinajstić information content (AvgIpc) is 3.33. The Morgan fingerprint density at radius 3 is 2.80 bits per heavy atom.